The van der Waals surface area contributed by atoms with Crippen LogP contribution < -0.4 is 0 Å². The number of aliphatic carboxylic acids is 1. The van der Waals surface area contributed by atoms with Crippen LogP contribution in [0.15, 0.2) is 0 Å². The monoisotopic (exact) mass is 255 g/mol. The molecule has 0 unspecified atom stereocenters. The molecule has 18 heavy (non-hydrogen) atoms. The number of carbonyl (C=O) groups excluding carboxylic acids is 1. The molecule has 0 spiro atoms. The predicted molar refractivity (Wildman–Crippen MR) is 65.2 cm³/mol. The normalized spacial score (nSPS) is 31.3. The molecule has 1 aliphatic heterocycles. The topological polar surface area (TPSA) is 66.8 Å². The van der Waals surface area contributed by atoms with Crippen molar-refractivity contribution < 1.29 is 19.4 Å². The number of carbonyl (C=O) groups is 2. The molecule has 1 saturated carbocycles. The summed E-state index contributed by atoms with van der Waals surface area (Å²) in [5.41, 5.74) is -0.535. The SMILES string of the molecule is CC(C)(C)OC(=O)N1CCCC[C@@H]2[C@@H](C(=O)O)[C@@H]21. The molecule has 0 aromatic carbocycles. The Kier molecular flexibility index (Phi) is 3.25. The average molecular weight is 255 g/mol. The van der Waals surface area contributed by atoms with Crippen LogP contribution in [0.4, 0.5) is 4.79 Å². The second kappa shape index (κ2) is 4.44. The summed E-state index contributed by atoms with van der Waals surface area (Å²) in [4.78, 5) is 24.8. The summed E-state index contributed by atoms with van der Waals surface area (Å²) < 4.78 is 5.35. The summed E-state index contributed by atoms with van der Waals surface area (Å²) >= 11 is 0. The fraction of sp³-hybridized carbons (Fsp3) is 0.846. The van der Waals surface area contributed by atoms with Crippen LogP contribution in [-0.2, 0) is 9.53 Å². The van der Waals surface area contributed by atoms with Gasteiger partial charge in [-0.25, -0.2) is 4.79 Å². The summed E-state index contributed by atoms with van der Waals surface area (Å²) in [5, 5.41) is 9.13. The number of nitrogens with zero attached hydrogens (tertiary/aromatic N) is 1. The first-order valence-corrected chi connectivity index (χ1v) is 6.54. The van der Waals surface area contributed by atoms with Crippen LogP contribution in [0.3, 0.4) is 0 Å². The zero-order chi connectivity index (χ0) is 13.5. The number of amides is 1. The van der Waals surface area contributed by atoms with E-state index >= 15 is 0 Å². The molecule has 5 nitrogen and oxygen atoms in total. The molecule has 3 atom stereocenters. The van der Waals surface area contributed by atoms with Crippen molar-refractivity contribution >= 4 is 12.1 Å². The van der Waals surface area contributed by atoms with E-state index < -0.39 is 17.5 Å². The van der Waals surface area contributed by atoms with Gasteiger partial charge in [0.2, 0.25) is 0 Å². The molecular weight excluding hydrogens is 234 g/mol. The number of carboxylic acid groups (broad SMARTS) is 1. The highest BCUT2D eigenvalue weighted by Gasteiger charge is 2.59. The minimum atomic E-state index is -0.791. The Hall–Kier alpha value is -1.26. The van der Waals surface area contributed by atoms with Gasteiger partial charge in [0.05, 0.1) is 12.0 Å². The van der Waals surface area contributed by atoms with Gasteiger partial charge in [-0.1, -0.05) is 6.42 Å². The number of hydrogen-bond acceptors (Lipinski definition) is 3. The minimum Gasteiger partial charge on any atom is -0.481 e. The molecule has 1 heterocycles. The van der Waals surface area contributed by atoms with Crippen molar-refractivity contribution in [3.8, 4) is 0 Å². The molecule has 0 radical (unpaired) electrons. The molecule has 2 aliphatic rings. The first-order valence-electron chi connectivity index (χ1n) is 6.54. The molecule has 102 valence electrons. The van der Waals surface area contributed by atoms with Gasteiger partial charge in [-0.15, -0.1) is 0 Å². The van der Waals surface area contributed by atoms with Gasteiger partial charge < -0.3 is 14.7 Å². The average Bonchev–Trinajstić information content (AvgIpc) is 2.87. The summed E-state index contributed by atoms with van der Waals surface area (Å²) in [6.07, 6.45) is 2.45. The van der Waals surface area contributed by atoms with Gasteiger partial charge in [-0.05, 0) is 39.5 Å². The van der Waals surface area contributed by atoms with Crippen LogP contribution in [0.5, 0.6) is 0 Å². The number of ether oxygens (including phenoxy) is 1. The van der Waals surface area contributed by atoms with E-state index in [4.69, 9.17) is 9.84 Å². The second-order valence-electron chi connectivity index (χ2n) is 6.19. The zero-order valence-corrected chi connectivity index (χ0v) is 11.2. The van der Waals surface area contributed by atoms with Gasteiger partial charge in [-0.2, -0.15) is 0 Å². The lowest BCUT2D eigenvalue weighted by molar-refractivity contribution is -0.139. The Bertz CT molecular complexity index is 360. The highest BCUT2D eigenvalue weighted by molar-refractivity contribution is 5.78. The van der Waals surface area contributed by atoms with Gasteiger partial charge in [0.15, 0.2) is 0 Å². The maximum absolute atomic E-state index is 12.1. The highest BCUT2D eigenvalue weighted by atomic mass is 16.6. The van der Waals surface area contributed by atoms with Crippen LogP contribution in [0.2, 0.25) is 0 Å². The lowest BCUT2D eigenvalue weighted by atomic mass is 10.1. The summed E-state index contributed by atoms with van der Waals surface area (Å²) in [7, 11) is 0. The Morgan fingerprint density at radius 3 is 2.50 bits per heavy atom. The van der Waals surface area contributed by atoms with E-state index in [0.717, 1.165) is 19.3 Å². The van der Waals surface area contributed by atoms with E-state index in [0.29, 0.717) is 6.54 Å². The van der Waals surface area contributed by atoms with Crippen LogP contribution in [0.25, 0.3) is 0 Å². The number of carboxylic acids is 1. The van der Waals surface area contributed by atoms with E-state index in [1.165, 1.54) is 0 Å². The molecular formula is C13H21NO4. The van der Waals surface area contributed by atoms with Crippen LogP contribution in [0, 0.1) is 11.8 Å². The van der Waals surface area contributed by atoms with E-state index in [1.54, 1.807) is 4.90 Å². The molecule has 0 aromatic rings. The van der Waals surface area contributed by atoms with Crippen molar-refractivity contribution in [3.05, 3.63) is 0 Å². The third kappa shape index (κ3) is 2.60. The third-order valence-corrected chi connectivity index (χ3v) is 3.59. The van der Waals surface area contributed by atoms with Crippen molar-refractivity contribution in [1.82, 2.24) is 4.90 Å². The Labute approximate surface area is 107 Å². The molecule has 1 aliphatic carbocycles. The van der Waals surface area contributed by atoms with E-state index in [9.17, 15) is 9.59 Å². The van der Waals surface area contributed by atoms with Crippen molar-refractivity contribution in [2.45, 2.75) is 51.7 Å². The Morgan fingerprint density at radius 2 is 1.94 bits per heavy atom. The molecule has 2 rings (SSSR count). The number of fused-ring (bicyclic) bond motifs is 1. The Morgan fingerprint density at radius 1 is 1.28 bits per heavy atom. The fourth-order valence-electron chi connectivity index (χ4n) is 2.81. The maximum atomic E-state index is 12.1. The largest absolute Gasteiger partial charge is 0.481 e. The van der Waals surface area contributed by atoms with Gasteiger partial charge in [0.1, 0.15) is 5.60 Å². The first-order chi connectivity index (χ1) is 8.31. The summed E-state index contributed by atoms with van der Waals surface area (Å²) in [6.45, 7) is 6.07. The molecule has 2 fully saturated rings. The lowest BCUT2D eigenvalue weighted by Crippen LogP contribution is -2.40. The van der Waals surface area contributed by atoms with Gasteiger partial charge in [0.25, 0.3) is 0 Å². The molecule has 1 saturated heterocycles. The molecule has 1 amide bonds. The number of likely N-dealkylation sites (tertiary alicyclic amines) is 1. The van der Waals surface area contributed by atoms with Crippen LogP contribution >= 0.6 is 0 Å². The smallest absolute Gasteiger partial charge is 0.410 e. The Balaban J connectivity index is 2.06. The highest BCUT2D eigenvalue weighted by Crippen LogP contribution is 2.48. The van der Waals surface area contributed by atoms with Crippen molar-refractivity contribution in [3.63, 3.8) is 0 Å². The predicted octanol–water partition coefficient (Wildman–Crippen LogP) is 2.11. The lowest BCUT2D eigenvalue weighted by Gasteiger charge is -2.27. The molecule has 5 heteroatoms. The van der Waals surface area contributed by atoms with Crippen molar-refractivity contribution in [2.75, 3.05) is 6.54 Å². The quantitative estimate of drug-likeness (QED) is 0.779. The van der Waals surface area contributed by atoms with E-state index in [1.807, 2.05) is 20.8 Å². The maximum Gasteiger partial charge on any atom is 0.410 e. The molecule has 1 N–H and O–H groups in total. The van der Waals surface area contributed by atoms with E-state index in [-0.39, 0.29) is 18.1 Å². The van der Waals surface area contributed by atoms with Gasteiger partial charge in [0, 0.05) is 6.54 Å². The molecule has 0 aromatic heterocycles. The second-order valence-corrected chi connectivity index (χ2v) is 6.19. The number of hydrogen-bond donors (Lipinski definition) is 1. The standard InChI is InChI=1S/C13H21NO4/c1-13(2,3)18-12(17)14-7-5-4-6-8-9(10(8)14)11(15)16/h8-10H,4-7H2,1-3H3,(H,15,16)/t8-,9-,10-/m1/s1. The van der Waals surface area contributed by atoms with E-state index in [2.05, 4.69) is 0 Å². The molecule has 0 bridgehead atoms. The summed E-state index contributed by atoms with van der Waals surface area (Å²) in [5.74, 6) is -1.06. The van der Waals surface area contributed by atoms with Crippen LogP contribution in [0.1, 0.15) is 40.0 Å². The fourth-order valence-corrected chi connectivity index (χ4v) is 2.81. The zero-order valence-electron chi connectivity index (χ0n) is 11.2. The first kappa shape index (κ1) is 13.2. The third-order valence-electron chi connectivity index (χ3n) is 3.59. The minimum absolute atomic E-state index is 0.123. The van der Waals surface area contributed by atoms with Crippen LogP contribution in [-0.4, -0.2) is 40.3 Å². The van der Waals surface area contributed by atoms with Gasteiger partial charge in [-0.3, -0.25) is 4.79 Å². The number of rotatable bonds is 1. The summed E-state index contributed by atoms with van der Waals surface area (Å²) in [6, 6.07) is -0.153. The van der Waals surface area contributed by atoms with Crippen molar-refractivity contribution in [2.24, 2.45) is 11.8 Å². The van der Waals surface area contributed by atoms with Gasteiger partial charge >= 0.3 is 12.1 Å². The van der Waals surface area contributed by atoms with Crippen molar-refractivity contribution in [1.29, 1.82) is 0 Å².